The molecule has 1 aromatic heterocycles. The van der Waals surface area contributed by atoms with E-state index in [2.05, 4.69) is 15.5 Å². The molecule has 1 saturated carbocycles. The Labute approximate surface area is 123 Å². The number of rotatable bonds is 6. The van der Waals surface area contributed by atoms with Crippen LogP contribution in [-0.2, 0) is 16.0 Å². The molecule has 1 amide bonds. The number of hydrogen-bond acceptors (Lipinski definition) is 5. The number of amides is 1. The lowest BCUT2D eigenvalue weighted by molar-refractivity contribution is -0.141. The van der Waals surface area contributed by atoms with Gasteiger partial charge in [0, 0.05) is 24.8 Å². The van der Waals surface area contributed by atoms with Gasteiger partial charge in [0.15, 0.2) is 5.82 Å². The third kappa shape index (κ3) is 4.27. The van der Waals surface area contributed by atoms with Crippen molar-refractivity contribution in [2.45, 2.75) is 57.9 Å². The first kappa shape index (κ1) is 15.5. The molecule has 0 bridgehead atoms. The Morgan fingerprint density at radius 1 is 1.43 bits per heavy atom. The lowest BCUT2D eigenvalue weighted by Gasteiger charge is -2.11. The van der Waals surface area contributed by atoms with Crippen LogP contribution in [0.25, 0.3) is 0 Å². The van der Waals surface area contributed by atoms with Crippen molar-refractivity contribution in [2.24, 2.45) is 5.92 Å². The Bertz CT molecular complexity index is 512. The Hall–Kier alpha value is -1.92. The summed E-state index contributed by atoms with van der Waals surface area (Å²) in [4.78, 5) is 26.9. The summed E-state index contributed by atoms with van der Waals surface area (Å²) < 4.78 is 5.08. The van der Waals surface area contributed by atoms with Crippen molar-refractivity contribution in [3.05, 3.63) is 11.7 Å². The SMILES string of the molecule is CC(C)c1noc(CCC(=O)N[C@H]2CC[C@@H](C(=O)O)C2)n1. The molecule has 0 radical (unpaired) electrons. The number of aromatic nitrogens is 2. The maximum Gasteiger partial charge on any atom is 0.306 e. The van der Waals surface area contributed by atoms with Crippen molar-refractivity contribution < 1.29 is 19.2 Å². The van der Waals surface area contributed by atoms with E-state index in [1.165, 1.54) is 0 Å². The third-order valence-corrected chi connectivity index (χ3v) is 3.71. The average molecular weight is 295 g/mol. The van der Waals surface area contributed by atoms with E-state index in [9.17, 15) is 9.59 Å². The van der Waals surface area contributed by atoms with Gasteiger partial charge < -0.3 is 14.9 Å². The number of aliphatic carboxylic acids is 1. The van der Waals surface area contributed by atoms with Crippen LogP contribution in [0.3, 0.4) is 0 Å². The highest BCUT2D eigenvalue weighted by atomic mass is 16.5. The van der Waals surface area contributed by atoms with Gasteiger partial charge in [0.2, 0.25) is 11.8 Å². The van der Waals surface area contributed by atoms with E-state index in [1.807, 2.05) is 13.8 Å². The van der Waals surface area contributed by atoms with Gasteiger partial charge in [0.1, 0.15) is 0 Å². The monoisotopic (exact) mass is 295 g/mol. The molecule has 0 spiro atoms. The molecule has 0 aliphatic heterocycles. The third-order valence-electron chi connectivity index (χ3n) is 3.71. The molecule has 2 N–H and O–H groups in total. The first-order valence-electron chi connectivity index (χ1n) is 7.30. The summed E-state index contributed by atoms with van der Waals surface area (Å²) >= 11 is 0. The molecule has 1 aliphatic rings. The van der Waals surface area contributed by atoms with Crippen molar-refractivity contribution in [1.82, 2.24) is 15.5 Å². The van der Waals surface area contributed by atoms with Gasteiger partial charge in [0.25, 0.3) is 0 Å². The summed E-state index contributed by atoms with van der Waals surface area (Å²) in [6.07, 6.45) is 2.54. The molecule has 0 unspecified atom stereocenters. The number of hydrogen-bond donors (Lipinski definition) is 2. The Morgan fingerprint density at radius 3 is 2.76 bits per heavy atom. The number of nitrogens with one attached hydrogen (secondary N) is 1. The smallest absolute Gasteiger partial charge is 0.306 e. The molecular weight excluding hydrogens is 274 g/mol. The number of carbonyl (C=O) groups is 2. The van der Waals surface area contributed by atoms with Crippen LogP contribution in [0, 0.1) is 5.92 Å². The van der Waals surface area contributed by atoms with E-state index in [0.29, 0.717) is 31.0 Å². The standard InChI is InChI=1S/C14H21N3O4/c1-8(2)13-16-12(21-17-13)6-5-11(18)15-10-4-3-9(7-10)14(19)20/h8-10H,3-7H2,1-2H3,(H,15,18)(H,19,20)/t9-,10+/m1/s1. The fourth-order valence-electron chi connectivity index (χ4n) is 2.46. The first-order chi connectivity index (χ1) is 9.95. The fraction of sp³-hybridized carbons (Fsp3) is 0.714. The van der Waals surface area contributed by atoms with Gasteiger partial charge in [-0.2, -0.15) is 4.98 Å². The van der Waals surface area contributed by atoms with Crippen LogP contribution in [0.15, 0.2) is 4.52 Å². The van der Waals surface area contributed by atoms with Crippen LogP contribution in [0.2, 0.25) is 0 Å². The van der Waals surface area contributed by atoms with Gasteiger partial charge in [-0.3, -0.25) is 9.59 Å². The van der Waals surface area contributed by atoms with E-state index < -0.39 is 5.97 Å². The number of carboxylic acid groups (broad SMARTS) is 1. The van der Waals surface area contributed by atoms with Gasteiger partial charge in [0.05, 0.1) is 5.92 Å². The minimum atomic E-state index is -0.779. The van der Waals surface area contributed by atoms with E-state index in [1.54, 1.807) is 0 Å². The van der Waals surface area contributed by atoms with Crippen LogP contribution in [0.4, 0.5) is 0 Å². The summed E-state index contributed by atoms with van der Waals surface area (Å²) in [6, 6.07) is -0.0347. The molecule has 1 fully saturated rings. The zero-order valence-electron chi connectivity index (χ0n) is 12.3. The molecule has 0 aromatic carbocycles. The number of carboxylic acids is 1. The zero-order valence-corrected chi connectivity index (χ0v) is 12.3. The lowest BCUT2D eigenvalue weighted by Crippen LogP contribution is -2.33. The molecule has 2 atom stereocenters. The molecule has 116 valence electrons. The fourth-order valence-corrected chi connectivity index (χ4v) is 2.46. The van der Waals surface area contributed by atoms with Gasteiger partial charge >= 0.3 is 5.97 Å². The maximum atomic E-state index is 11.8. The molecule has 0 saturated heterocycles. The molecular formula is C14H21N3O4. The van der Waals surface area contributed by atoms with Crippen LogP contribution in [0.5, 0.6) is 0 Å². The molecule has 7 heteroatoms. The second kappa shape index (κ2) is 6.69. The van der Waals surface area contributed by atoms with Crippen molar-refractivity contribution in [2.75, 3.05) is 0 Å². The quantitative estimate of drug-likeness (QED) is 0.823. The van der Waals surface area contributed by atoms with E-state index in [-0.39, 0.29) is 30.2 Å². The van der Waals surface area contributed by atoms with Crippen molar-refractivity contribution in [3.8, 4) is 0 Å². The lowest BCUT2D eigenvalue weighted by atomic mass is 10.1. The molecule has 2 rings (SSSR count). The molecule has 1 aromatic rings. The topological polar surface area (TPSA) is 105 Å². The molecule has 7 nitrogen and oxygen atoms in total. The first-order valence-corrected chi connectivity index (χ1v) is 7.30. The van der Waals surface area contributed by atoms with E-state index in [4.69, 9.17) is 9.63 Å². The Kier molecular flexibility index (Phi) is 4.93. The van der Waals surface area contributed by atoms with Gasteiger partial charge in [-0.05, 0) is 19.3 Å². The zero-order chi connectivity index (χ0) is 15.4. The van der Waals surface area contributed by atoms with Crippen molar-refractivity contribution in [1.29, 1.82) is 0 Å². The summed E-state index contributed by atoms with van der Waals surface area (Å²) in [7, 11) is 0. The predicted octanol–water partition coefficient (Wildman–Crippen LogP) is 1.50. The number of carbonyl (C=O) groups excluding carboxylic acids is 1. The second-order valence-corrected chi connectivity index (χ2v) is 5.81. The highest BCUT2D eigenvalue weighted by Crippen LogP contribution is 2.25. The molecule has 21 heavy (non-hydrogen) atoms. The average Bonchev–Trinajstić information content (AvgIpc) is 3.05. The Balaban J connectivity index is 1.73. The molecule has 1 aliphatic carbocycles. The number of nitrogens with zero attached hydrogens (tertiary/aromatic N) is 2. The van der Waals surface area contributed by atoms with Crippen LogP contribution < -0.4 is 5.32 Å². The van der Waals surface area contributed by atoms with Crippen LogP contribution in [-0.4, -0.2) is 33.2 Å². The summed E-state index contributed by atoms with van der Waals surface area (Å²) in [5.74, 6) is 0.0888. The minimum absolute atomic E-state index is 0.0347. The predicted molar refractivity (Wildman–Crippen MR) is 73.6 cm³/mol. The van der Waals surface area contributed by atoms with E-state index >= 15 is 0 Å². The summed E-state index contributed by atoms with van der Waals surface area (Å²) in [5, 5.41) is 15.6. The highest BCUT2D eigenvalue weighted by Gasteiger charge is 2.30. The van der Waals surface area contributed by atoms with Crippen molar-refractivity contribution >= 4 is 11.9 Å². The molecule has 1 heterocycles. The van der Waals surface area contributed by atoms with Crippen LogP contribution in [0.1, 0.15) is 57.2 Å². The van der Waals surface area contributed by atoms with Gasteiger partial charge in [-0.1, -0.05) is 19.0 Å². The largest absolute Gasteiger partial charge is 0.481 e. The number of aryl methyl sites for hydroxylation is 1. The normalized spacial score (nSPS) is 21.7. The van der Waals surface area contributed by atoms with Gasteiger partial charge in [-0.15, -0.1) is 0 Å². The van der Waals surface area contributed by atoms with Crippen LogP contribution >= 0.6 is 0 Å². The summed E-state index contributed by atoms with van der Waals surface area (Å²) in [5.41, 5.74) is 0. The Morgan fingerprint density at radius 2 is 2.19 bits per heavy atom. The second-order valence-electron chi connectivity index (χ2n) is 5.81. The van der Waals surface area contributed by atoms with E-state index in [0.717, 1.165) is 6.42 Å². The van der Waals surface area contributed by atoms with Gasteiger partial charge in [-0.25, -0.2) is 0 Å². The summed E-state index contributed by atoms with van der Waals surface area (Å²) in [6.45, 7) is 3.95. The highest BCUT2D eigenvalue weighted by molar-refractivity contribution is 5.77. The minimum Gasteiger partial charge on any atom is -0.481 e. The van der Waals surface area contributed by atoms with Crippen molar-refractivity contribution in [3.63, 3.8) is 0 Å². The maximum absolute atomic E-state index is 11.8.